The van der Waals surface area contributed by atoms with Crippen LogP contribution in [0.2, 0.25) is 0 Å². The molecule has 0 aromatic heterocycles. The Morgan fingerprint density at radius 1 is 0.741 bits per heavy atom. The van der Waals surface area contributed by atoms with Crippen LogP contribution in [-0.4, -0.2) is 12.2 Å². The Labute approximate surface area is 171 Å². The number of allylic oxidation sites excluding steroid dienone is 8. The van der Waals surface area contributed by atoms with Gasteiger partial charge in [-0.3, -0.25) is 4.79 Å². The molecule has 0 aliphatic carbocycles. The molecule has 0 bridgehead atoms. The molecule has 2 nitrogen and oxygen atoms in total. The number of hydrogen-bond donors (Lipinski definition) is 1. The van der Waals surface area contributed by atoms with E-state index in [-0.39, 0.29) is 5.91 Å². The van der Waals surface area contributed by atoms with Crippen molar-refractivity contribution in [2.45, 2.75) is 91.4 Å². The number of rotatable bonds is 15. The van der Waals surface area contributed by atoms with E-state index in [9.17, 15) is 4.79 Å². The smallest absolute Gasteiger partial charge is 0.220 e. The first kappa shape index (κ1) is 28.1. The summed E-state index contributed by atoms with van der Waals surface area (Å²) in [5, 5.41) is 2.78. The number of nitrogens with one attached hydrogen (secondary N) is 1. The van der Waals surface area contributed by atoms with Crippen molar-refractivity contribution in [1.29, 1.82) is 0 Å². The summed E-state index contributed by atoms with van der Waals surface area (Å²) in [7, 11) is 2.50. The molecule has 0 aliphatic rings. The summed E-state index contributed by atoms with van der Waals surface area (Å²) in [4.78, 5) is 11.2. The summed E-state index contributed by atoms with van der Waals surface area (Å²) in [6.45, 7) is 6.49. The van der Waals surface area contributed by atoms with Crippen molar-refractivity contribution in [3.8, 4) is 0 Å². The van der Waals surface area contributed by atoms with E-state index in [1.165, 1.54) is 32.1 Å². The van der Waals surface area contributed by atoms with Gasteiger partial charge in [0.05, 0.1) is 0 Å². The molecule has 1 amide bonds. The van der Waals surface area contributed by atoms with Crippen LogP contribution in [0.3, 0.4) is 0 Å². The fraction of sp³-hybridized carbons (Fsp3) is 0.625. The molecule has 1 N–H and O–H groups in total. The standard InChI is InChI=1S/C21H36NOP.C3H8/c1-2-3-4-5-6-7-8-9-10-11-12-13-14-15-16-17-18-19-21(23)22-20-24;1-3-2/h6-7,9-10,12-13,15-16H,2-5,8,11,14,17-20,24H2,1H3,(H,22,23);3H2,1-2H3/b7-6-,10-9-,13-12-,16-15-;. The molecule has 0 saturated carbocycles. The molecule has 27 heavy (non-hydrogen) atoms. The minimum atomic E-state index is 0.140. The topological polar surface area (TPSA) is 29.1 Å². The van der Waals surface area contributed by atoms with E-state index in [0.717, 1.165) is 32.1 Å². The largest absolute Gasteiger partial charge is 0.353 e. The molecule has 0 rings (SSSR count). The van der Waals surface area contributed by atoms with Crippen molar-refractivity contribution < 1.29 is 4.79 Å². The first-order valence-electron chi connectivity index (χ1n) is 10.8. The number of unbranched alkanes of at least 4 members (excludes halogenated alkanes) is 4. The molecule has 0 radical (unpaired) electrons. The van der Waals surface area contributed by atoms with Gasteiger partial charge >= 0.3 is 0 Å². The Bertz CT molecular complexity index is 411. The van der Waals surface area contributed by atoms with Gasteiger partial charge in [-0.15, -0.1) is 9.24 Å². The Morgan fingerprint density at radius 2 is 1.19 bits per heavy atom. The van der Waals surface area contributed by atoms with Crippen LogP contribution in [0, 0.1) is 0 Å². The van der Waals surface area contributed by atoms with E-state index in [4.69, 9.17) is 0 Å². The lowest BCUT2D eigenvalue weighted by Gasteiger charge is -1.99. The summed E-state index contributed by atoms with van der Waals surface area (Å²) in [5.41, 5.74) is 0. The third kappa shape index (κ3) is 29.9. The lowest BCUT2D eigenvalue weighted by molar-refractivity contribution is -0.120. The molecule has 0 fully saturated rings. The SMILES string of the molecule is CCC.CCCCC/C=C\C/C=C\C/C=C\C/C=C\CCCC(=O)NCP. The predicted molar refractivity (Wildman–Crippen MR) is 127 cm³/mol. The summed E-state index contributed by atoms with van der Waals surface area (Å²) >= 11 is 0. The van der Waals surface area contributed by atoms with E-state index >= 15 is 0 Å². The first-order valence-corrected chi connectivity index (χ1v) is 11.6. The number of amides is 1. The van der Waals surface area contributed by atoms with Crippen LogP contribution in [0.4, 0.5) is 0 Å². The van der Waals surface area contributed by atoms with Gasteiger partial charge in [-0.1, -0.05) is 88.6 Å². The highest BCUT2D eigenvalue weighted by Crippen LogP contribution is 2.01. The monoisotopic (exact) mass is 393 g/mol. The van der Waals surface area contributed by atoms with Crippen molar-refractivity contribution >= 4 is 15.1 Å². The number of carbonyl (C=O) groups excluding carboxylic acids is 1. The van der Waals surface area contributed by atoms with Gasteiger partial charge in [-0.25, -0.2) is 0 Å². The molecule has 0 heterocycles. The zero-order valence-electron chi connectivity index (χ0n) is 18.1. The van der Waals surface area contributed by atoms with E-state index in [1.54, 1.807) is 0 Å². The van der Waals surface area contributed by atoms with Crippen LogP contribution in [0.25, 0.3) is 0 Å². The van der Waals surface area contributed by atoms with Crippen LogP contribution < -0.4 is 5.32 Å². The normalized spacial score (nSPS) is 11.6. The molecule has 1 unspecified atom stereocenters. The van der Waals surface area contributed by atoms with Gasteiger partial charge in [0.25, 0.3) is 0 Å². The van der Waals surface area contributed by atoms with Crippen LogP contribution in [0.15, 0.2) is 48.6 Å². The third-order valence-electron chi connectivity index (χ3n) is 3.53. The Balaban J connectivity index is 0. The van der Waals surface area contributed by atoms with E-state index in [0.29, 0.717) is 12.7 Å². The second-order valence-corrected chi connectivity index (χ2v) is 6.90. The van der Waals surface area contributed by atoms with Gasteiger partial charge in [-0.05, 0) is 44.9 Å². The maximum absolute atomic E-state index is 11.2. The predicted octanol–water partition coefficient (Wildman–Crippen LogP) is 7.50. The molecule has 1 atom stereocenters. The lowest BCUT2D eigenvalue weighted by Crippen LogP contribution is -2.20. The average molecular weight is 394 g/mol. The summed E-state index contributed by atoms with van der Waals surface area (Å²) in [5.74, 6) is 0.140. The van der Waals surface area contributed by atoms with Gasteiger partial charge in [0, 0.05) is 12.7 Å². The molecule has 0 aliphatic heterocycles. The highest BCUT2D eigenvalue weighted by Gasteiger charge is 1.96. The second-order valence-electron chi connectivity index (χ2n) is 6.49. The van der Waals surface area contributed by atoms with Gasteiger partial charge < -0.3 is 5.32 Å². The molecular formula is C24H44NOP. The molecular weight excluding hydrogens is 349 g/mol. The minimum absolute atomic E-state index is 0.140. The molecule has 0 saturated heterocycles. The average Bonchev–Trinajstić information content (AvgIpc) is 2.65. The highest BCUT2D eigenvalue weighted by atomic mass is 31.0. The fourth-order valence-corrected chi connectivity index (χ4v) is 2.37. The maximum atomic E-state index is 11.2. The van der Waals surface area contributed by atoms with Crippen molar-refractivity contribution in [3.63, 3.8) is 0 Å². The molecule has 0 aromatic carbocycles. The van der Waals surface area contributed by atoms with Crippen molar-refractivity contribution in [1.82, 2.24) is 5.32 Å². The van der Waals surface area contributed by atoms with Gasteiger partial charge in [0.1, 0.15) is 0 Å². The van der Waals surface area contributed by atoms with Crippen LogP contribution in [0.1, 0.15) is 91.4 Å². The number of carbonyl (C=O) groups is 1. The fourth-order valence-electron chi connectivity index (χ4n) is 2.14. The van der Waals surface area contributed by atoms with E-state index in [2.05, 4.69) is 83.9 Å². The van der Waals surface area contributed by atoms with Gasteiger partial charge in [-0.2, -0.15) is 0 Å². The Kier molecular flexibility index (Phi) is 28.2. The molecule has 3 heteroatoms. The molecule has 156 valence electrons. The summed E-state index contributed by atoms with van der Waals surface area (Å²) < 4.78 is 0. The Hall–Kier alpha value is -1.14. The highest BCUT2D eigenvalue weighted by molar-refractivity contribution is 7.16. The van der Waals surface area contributed by atoms with Gasteiger partial charge in [0.2, 0.25) is 5.91 Å². The zero-order chi connectivity index (χ0) is 20.4. The zero-order valence-corrected chi connectivity index (χ0v) is 19.2. The minimum Gasteiger partial charge on any atom is -0.353 e. The van der Waals surface area contributed by atoms with Crippen molar-refractivity contribution in [3.05, 3.63) is 48.6 Å². The quantitative estimate of drug-likeness (QED) is 0.174. The molecule has 0 aromatic rings. The van der Waals surface area contributed by atoms with Crippen LogP contribution >= 0.6 is 9.24 Å². The van der Waals surface area contributed by atoms with Crippen LogP contribution in [-0.2, 0) is 4.79 Å². The van der Waals surface area contributed by atoms with Crippen molar-refractivity contribution in [2.24, 2.45) is 0 Å². The third-order valence-corrected chi connectivity index (χ3v) is 3.74. The van der Waals surface area contributed by atoms with Crippen LogP contribution in [0.5, 0.6) is 0 Å². The first-order chi connectivity index (χ1) is 13.2. The second kappa shape index (κ2) is 27.1. The summed E-state index contributed by atoms with van der Waals surface area (Å²) in [6.07, 6.45) is 30.4. The lowest BCUT2D eigenvalue weighted by atomic mass is 10.2. The van der Waals surface area contributed by atoms with E-state index < -0.39 is 0 Å². The van der Waals surface area contributed by atoms with Crippen molar-refractivity contribution in [2.75, 3.05) is 6.29 Å². The Morgan fingerprint density at radius 3 is 1.63 bits per heavy atom. The molecule has 0 spiro atoms. The maximum Gasteiger partial charge on any atom is 0.220 e. The number of hydrogen-bond acceptors (Lipinski definition) is 1. The van der Waals surface area contributed by atoms with E-state index in [1.807, 2.05) is 0 Å². The summed E-state index contributed by atoms with van der Waals surface area (Å²) in [6, 6.07) is 0. The van der Waals surface area contributed by atoms with Gasteiger partial charge in [0.15, 0.2) is 0 Å².